The van der Waals surface area contributed by atoms with Crippen LogP contribution >= 0.6 is 11.3 Å². The second kappa shape index (κ2) is 8.56. The van der Waals surface area contributed by atoms with Crippen molar-refractivity contribution in [3.8, 4) is 0 Å². The number of fused-ring (bicyclic) bond motifs is 1. The van der Waals surface area contributed by atoms with Gasteiger partial charge in [0.15, 0.2) is 5.13 Å². The molecule has 1 amide bonds. The molecular weight excluding hydrogens is 406 g/mol. The molecule has 30 heavy (non-hydrogen) atoms. The Hall–Kier alpha value is -3.37. The summed E-state index contributed by atoms with van der Waals surface area (Å²) < 4.78 is 1.02. The van der Waals surface area contributed by atoms with Crippen molar-refractivity contribution < 1.29 is 9.72 Å². The minimum atomic E-state index is -0.607. The van der Waals surface area contributed by atoms with Crippen LogP contribution in [0.2, 0.25) is 0 Å². The highest BCUT2D eigenvalue weighted by Crippen LogP contribution is 2.29. The first-order valence-electron chi connectivity index (χ1n) is 9.37. The van der Waals surface area contributed by atoms with Gasteiger partial charge in [-0.05, 0) is 5.56 Å². The molecule has 3 aromatic rings. The number of anilines is 1. The zero-order chi connectivity index (χ0) is 21.1. The van der Waals surface area contributed by atoms with E-state index in [9.17, 15) is 19.7 Å². The van der Waals surface area contributed by atoms with Crippen LogP contribution in [0.1, 0.15) is 16.1 Å². The third-order valence-electron chi connectivity index (χ3n) is 4.80. The summed E-state index contributed by atoms with van der Waals surface area (Å²) in [6, 6.07) is 12.4. The normalized spacial score (nSPS) is 13.6. The van der Waals surface area contributed by atoms with Crippen LogP contribution in [0.25, 0.3) is 0 Å². The zero-order valence-electron chi connectivity index (χ0n) is 16.0. The SMILES string of the molecule is O=C(Cn1cc([N+](=O)[O-])ccc1=O)Nc1nc2c(s1)CN(Cc1ccccc1)CC2. The lowest BCUT2D eigenvalue weighted by molar-refractivity contribution is -0.385. The molecule has 0 fully saturated rings. The van der Waals surface area contributed by atoms with Crippen LogP contribution in [0, 0.1) is 10.1 Å². The highest BCUT2D eigenvalue weighted by molar-refractivity contribution is 7.15. The number of nitrogens with zero attached hydrogens (tertiary/aromatic N) is 4. The number of hydrogen-bond donors (Lipinski definition) is 1. The van der Waals surface area contributed by atoms with Gasteiger partial charge in [-0.1, -0.05) is 30.3 Å². The van der Waals surface area contributed by atoms with Crippen LogP contribution in [-0.2, 0) is 30.8 Å². The lowest BCUT2D eigenvalue weighted by Gasteiger charge is -2.25. The Balaban J connectivity index is 1.40. The fourth-order valence-electron chi connectivity index (χ4n) is 3.34. The number of benzene rings is 1. The maximum absolute atomic E-state index is 12.3. The number of aromatic nitrogens is 2. The van der Waals surface area contributed by atoms with Crippen molar-refractivity contribution >= 4 is 28.1 Å². The molecule has 2 aromatic heterocycles. The Morgan fingerprint density at radius 3 is 2.80 bits per heavy atom. The molecule has 0 spiro atoms. The molecule has 10 heteroatoms. The van der Waals surface area contributed by atoms with E-state index >= 15 is 0 Å². The number of thiazole rings is 1. The Kier molecular flexibility index (Phi) is 5.68. The van der Waals surface area contributed by atoms with Crippen molar-refractivity contribution in [2.45, 2.75) is 26.1 Å². The van der Waals surface area contributed by atoms with Crippen LogP contribution < -0.4 is 10.9 Å². The molecule has 3 heterocycles. The molecule has 0 saturated carbocycles. The zero-order valence-corrected chi connectivity index (χ0v) is 16.8. The fraction of sp³-hybridized carbons (Fsp3) is 0.250. The summed E-state index contributed by atoms with van der Waals surface area (Å²) in [4.78, 5) is 42.4. The molecule has 0 unspecified atom stereocenters. The van der Waals surface area contributed by atoms with E-state index in [2.05, 4.69) is 27.3 Å². The third-order valence-corrected chi connectivity index (χ3v) is 5.80. The van der Waals surface area contributed by atoms with Gasteiger partial charge in [-0.15, -0.1) is 11.3 Å². The van der Waals surface area contributed by atoms with E-state index in [0.717, 1.165) is 59.5 Å². The average Bonchev–Trinajstić information content (AvgIpc) is 3.11. The van der Waals surface area contributed by atoms with E-state index in [1.165, 1.54) is 16.9 Å². The predicted molar refractivity (Wildman–Crippen MR) is 112 cm³/mol. The van der Waals surface area contributed by atoms with Gasteiger partial charge in [-0.2, -0.15) is 0 Å². The quantitative estimate of drug-likeness (QED) is 0.480. The average molecular weight is 425 g/mol. The van der Waals surface area contributed by atoms with Crippen molar-refractivity contribution in [2.75, 3.05) is 11.9 Å². The molecule has 1 aliphatic heterocycles. The summed E-state index contributed by atoms with van der Waals surface area (Å²) in [6.07, 6.45) is 1.87. The highest BCUT2D eigenvalue weighted by atomic mass is 32.1. The number of carbonyl (C=O) groups excluding carboxylic acids is 1. The molecule has 0 radical (unpaired) electrons. The van der Waals surface area contributed by atoms with E-state index < -0.39 is 16.4 Å². The van der Waals surface area contributed by atoms with Gasteiger partial charge in [0, 0.05) is 43.1 Å². The van der Waals surface area contributed by atoms with Crippen LogP contribution in [0.15, 0.2) is 53.5 Å². The van der Waals surface area contributed by atoms with E-state index in [0.29, 0.717) is 5.13 Å². The van der Waals surface area contributed by atoms with E-state index in [-0.39, 0.29) is 12.2 Å². The molecule has 9 nitrogen and oxygen atoms in total. The molecule has 0 saturated heterocycles. The minimum Gasteiger partial charge on any atom is -0.300 e. The lowest BCUT2D eigenvalue weighted by atomic mass is 10.1. The van der Waals surface area contributed by atoms with Gasteiger partial charge in [-0.25, -0.2) is 4.98 Å². The summed E-state index contributed by atoms with van der Waals surface area (Å²) in [7, 11) is 0. The highest BCUT2D eigenvalue weighted by Gasteiger charge is 2.21. The summed E-state index contributed by atoms with van der Waals surface area (Å²) >= 11 is 1.42. The van der Waals surface area contributed by atoms with Crippen molar-refractivity contribution in [3.63, 3.8) is 0 Å². The van der Waals surface area contributed by atoms with Gasteiger partial charge in [0.2, 0.25) is 5.91 Å². The lowest BCUT2D eigenvalue weighted by Crippen LogP contribution is -2.29. The Bertz CT molecular complexity index is 1140. The summed E-state index contributed by atoms with van der Waals surface area (Å²) in [6.45, 7) is 2.20. The predicted octanol–water partition coefficient (Wildman–Crippen LogP) is 2.41. The Morgan fingerprint density at radius 1 is 1.23 bits per heavy atom. The van der Waals surface area contributed by atoms with Gasteiger partial charge in [0.25, 0.3) is 11.2 Å². The third kappa shape index (κ3) is 4.61. The second-order valence-electron chi connectivity index (χ2n) is 6.99. The van der Waals surface area contributed by atoms with E-state index in [1.807, 2.05) is 18.2 Å². The molecule has 0 atom stereocenters. The summed E-state index contributed by atoms with van der Waals surface area (Å²) in [5.41, 5.74) is 1.50. The molecule has 0 bridgehead atoms. The number of rotatable bonds is 6. The Labute approximate surface area is 175 Å². The van der Waals surface area contributed by atoms with Crippen LogP contribution in [0.3, 0.4) is 0 Å². The smallest absolute Gasteiger partial charge is 0.285 e. The van der Waals surface area contributed by atoms with Crippen LogP contribution in [0.4, 0.5) is 10.8 Å². The topological polar surface area (TPSA) is 110 Å². The van der Waals surface area contributed by atoms with Crippen LogP contribution in [-0.4, -0.2) is 31.8 Å². The number of nitro groups is 1. The summed E-state index contributed by atoms with van der Waals surface area (Å²) in [5, 5.41) is 14.1. The first-order valence-corrected chi connectivity index (χ1v) is 10.2. The minimum absolute atomic E-state index is 0.245. The molecule has 1 N–H and O–H groups in total. The summed E-state index contributed by atoms with van der Waals surface area (Å²) in [5.74, 6) is -0.454. The second-order valence-corrected chi connectivity index (χ2v) is 8.08. The van der Waals surface area contributed by atoms with E-state index in [4.69, 9.17) is 0 Å². The van der Waals surface area contributed by atoms with E-state index in [1.54, 1.807) is 0 Å². The molecule has 0 aliphatic carbocycles. The standard InChI is InChI=1S/C20H19N5O4S/c26-18(13-24-11-15(25(28)29)6-7-19(24)27)22-20-21-16-8-9-23(12-17(16)30-20)10-14-4-2-1-3-5-14/h1-7,11H,8-10,12-13H2,(H,21,22,26). The molecule has 154 valence electrons. The van der Waals surface area contributed by atoms with Crippen molar-refractivity contribution in [3.05, 3.63) is 85.3 Å². The number of hydrogen-bond acceptors (Lipinski definition) is 7. The first-order chi connectivity index (χ1) is 14.5. The Morgan fingerprint density at radius 2 is 2.03 bits per heavy atom. The number of carbonyl (C=O) groups is 1. The van der Waals surface area contributed by atoms with Gasteiger partial charge in [0.1, 0.15) is 6.54 Å². The maximum Gasteiger partial charge on any atom is 0.285 e. The number of pyridine rings is 1. The fourth-order valence-corrected chi connectivity index (χ4v) is 4.41. The van der Waals surface area contributed by atoms with Crippen molar-refractivity contribution in [1.82, 2.24) is 14.5 Å². The monoisotopic (exact) mass is 425 g/mol. The first kappa shape index (κ1) is 19.9. The molecule has 4 rings (SSSR count). The largest absolute Gasteiger partial charge is 0.300 e. The van der Waals surface area contributed by atoms with Gasteiger partial charge < -0.3 is 5.32 Å². The number of nitrogens with one attached hydrogen (secondary N) is 1. The van der Waals surface area contributed by atoms with Gasteiger partial charge in [-0.3, -0.25) is 29.2 Å². The van der Waals surface area contributed by atoms with Crippen molar-refractivity contribution in [2.24, 2.45) is 0 Å². The van der Waals surface area contributed by atoms with Crippen LogP contribution in [0.5, 0.6) is 0 Å². The van der Waals surface area contributed by atoms with Gasteiger partial charge >= 0.3 is 0 Å². The molecule has 1 aromatic carbocycles. The molecule has 1 aliphatic rings. The number of amides is 1. The molecular formula is C20H19N5O4S. The van der Waals surface area contributed by atoms with Crippen molar-refractivity contribution in [1.29, 1.82) is 0 Å². The maximum atomic E-state index is 12.3. The van der Waals surface area contributed by atoms with Gasteiger partial charge in [0.05, 0.1) is 16.8 Å².